The highest BCUT2D eigenvalue weighted by Gasteiger charge is 2.35. The zero-order valence-electron chi connectivity index (χ0n) is 14.1. The number of halogens is 1. The lowest BCUT2D eigenvalue weighted by atomic mass is 10.1. The molecular weight excluding hydrogens is 351 g/mol. The first-order valence-electron chi connectivity index (χ1n) is 8.30. The lowest BCUT2D eigenvalue weighted by molar-refractivity contribution is -0.122. The van der Waals surface area contributed by atoms with Gasteiger partial charge in [0.25, 0.3) is 0 Å². The molecule has 1 aromatic heterocycles. The Labute approximate surface area is 153 Å². The van der Waals surface area contributed by atoms with E-state index >= 15 is 0 Å². The van der Waals surface area contributed by atoms with Gasteiger partial charge in [-0.25, -0.2) is 9.07 Å². The van der Waals surface area contributed by atoms with Crippen LogP contribution in [0.15, 0.2) is 54.9 Å². The minimum absolute atomic E-state index is 0.107. The minimum Gasteiger partial charge on any atom is -0.326 e. The van der Waals surface area contributed by atoms with Crippen molar-refractivity contribution in [1.29, 1.82) is 0 Å². The predicted octanol–water partition coefficient (Wildman–Crippen LogP) is 1.79. The third kappa shape index (κ3) is 3.52. The molecule has 136 valence electrons. The van der Waals surface area contributed by atoms with E-state index in [1.54, 1.807) is 24.3 Å². The second-order valence-electron chi connectivity index (χ2n) is 6.18. The maximum atomic E-state index is 13.1. The van der Waals surface area contributed by atoms with E-state index < -0.39 is 5.92 Å². The Morgan fingerprint density at radius 1 is 1.15 bits per heavy atom. The summed E-state index contributed by atoms with van der Waals surface area (Å²) in [6.07, 6.45) is 1.56. The van der Waals surface area contributed by atoms with Gasteiger partial charge in [0.15, 0.2) is 0 Å². The van der Waals surface area contributed by atoms with Crippen molar-refractivity contribution in [3.05, 3.63) is 60.7 Å². The van der Waals surface area contributed by atoms with Gasteiger partial charge in [0.05, 0.1) is 11.6 Å². The molecule has 27 heavy (non-hydrogen) atoms. The van der Waals surface area contributed by atoms with E-state index in [9.17, 15) is 14.0 Å². The first-order valence-corrected chi connectivity index (χ1v) is 8.30. The van der Waals surface area contributed by atoms with Gasteiger partial charge < -0.3 is 10.2 Å². The van der Waals surface area contributed by atoms with Gasteiger partial charge in [0, 0.05) is 24.3 Å². The highest BCUT2D eigenvalue weighted by Crippen LogP contribution is 2.26. The highest BCUT2D eigenvalue weighted by atomic mass is 19.1. The molecule has 2 amide bonds. The van der Waals surface area contributed by atoms with E-state index in [4.69, 9.17) is 0 Å². The van der Waals surface area contributed by atoms with E-state index in [1.165, 1.54) is 40.2 Å². The second kappa shape index (κ2) is 6.94. The Morgan fingerprint density at radius 3 is 2.70 bits per heavy atom. The average molecular weight is 366 g/mol. The number of anilines is 2. The van der Waals surface area contributed by atoms with Crippen LogP contribution in [-0.2, 0) is 9.59 Å². The van der Waals surface area contributed by atoms with Crippen LogP contribution in [-0.4, -0.2) is 38.6 Å². The number of tetrazole rings is 1. The summed E-state index contributed by atoms with van der Waals surface area (Å²) < 4.78 is 14.5. The second-order valence-corrected chi connectivity index (χ2v) is 6.18. The molecule has 2 aromatic carbocycles. The molecule has 1 aliphatic heterocycles. The third-order valence-electron chi connectivity index (χ3n) is 4.36. The van der Waals surface area contributed by atoms with Crippen molar-refractivity contribution in [1.82, 2.24) is 20.2 Å². The van der Waals surface area contributed by atoms with Gasteiger partial charge in [-0.3, -0.25) is 9.59 Å². The molecule has 0 radical (unpaired) electrons. The molecule has 1 saturated heterocycles. The predicted molar refractivity (Wildman–Crippen MR) is 94.6 cm³/mol. The van der Waals surface area contributed by atoms with E-state index in [1.807, 2.05) is 0 Å². The molecule has 1 unspecified atom stereocenters. The van der Waals surface area contributed by atoms with Crippen LogP contribution >= 0.6 is 0 Å². The van der Waals surface area contributed by atoms with Crippen molar-refractivity contribution >= 4 is 23.2 Å². The third-order valence-corrected chi connectivity index (χ3v) is 4.36. The first-order chi connectivity index (χ1) is 13.1. The molecule has 8 nitrogen and oxygen atoms in total. The van der Waals surface area contributed by atoms with Gasteiger partial charge in [-0.15, -0.1) is 5.10 Å². The van der Waals surface area contributed by atoms with Gasteiger partial charge in [-0.05, 0) is 52.9 Å². The monoisotopic (exact) mass is 366 g/mol. The van der Waals surface area contributed by atoms with Crippen LogP contribution in [0.3, 0.4) is 0 Å². The highest BCUT2D eigenvalue weighted by molar-refractivity contribution is 6.03. The molecule has 1 aliphatic rings. The van der Waals surface area contributed by atoms with Crippen molar-refractivity contribution in [3.8, 4) is 5.69 Å². The van der Waals surface area contributed by atoms with Crippen molar-refractivity contribution < 1.29 is 14.0 Å². The van der Waals surface area contributed by atoms with Gasteiger partial charge in [0.1, 0.15) is 12.1 Å². The molecule has 0 aliphatic carbocycles. The summed E-state index contributed by atoms with van der Waals surface area (Å²) in [6.45, 7) is 0.253. The summed E-state index contributed by atoms with van der Waals surface area (Å²) in [6, 6.07) is 12.7. The number of nitrogens with zero attached hydrogens (tertiary/aromatic N) is 5. The Kier molecular flexibility index (Phi) is 4.33. The fourth-order valence-corrected chi connectivity index (χ4v) is 3.00. The van der Waals surface area contributed by atoms with Gasteiger partial charge in [-0.2, -0.15) is 0 Å². The summed E-state index contributed by atoms with van der Waals surface area (Å²) in [5, 5.41) is 13.8. The van der Waals surface area contributed by atoms with Crippen molar-refractivity contribution in [3.63, 3.8) is 0 Å². The lowest BCUT2D eigenvalue weighted by Gasteiger charge is -2.16. The van der Waals surface area contributed by atoms with E-state index in [2.05, 4.69) is 20.8 Å². The van der Waals surface area contributed by atoms with Crippen LogP contribution in [0.4, 0.5) is 15.8 Å². The van der Waals surface area contributed by atoms with Crippen LogP contribution in [0, 0.1) is 11.7 Å². The average Bonchev–Trinajstić information content (AvgIpc) is 3.33. The fraction of sp³-hybridized carbons (Fsp3) is 0.167. The zero-order valence-corrected chi connectivity index (χ0v) is 14.1. The molecule has 3 aromatic rings. The molecule has 0 spiro atoms. The van der Waals surface area contributed by atoms with Crippen molar-refractivity contribution in [2.45, 2.75) is 6.42 Å². The van der Waals surface area contributed by atoms with Crippen LogP contribution in [0.2, 0.25) is 0 Å². The zero-order chi connectivity index (χ0) is 18.8. The number of amides is 2. The number of hydrogen-bond donors (Lipinski definition) is 1. The molecule has 1 N–H and O–H groups in total. The number of carbonyl (C=O) groups excluding carboxylic acids is 2. The van der Waals surface area contributed by atoms with Crippen molar-refractivity contribution in [2.24, 2.45) is 5.92 Å². The molecule has 0 bridgehead atoms. The Hall–Kier alpha value is -3.62. The maximum Gasteiger partial charge on any atom is 0.229 e. The normalized spacial score (nSPS) is 16.6. The van der Waals surface area contributed by atoms with Gasteiger partial charge >= 0.3 is 0 Å². The fourth-order valence-electron chi connectivity index (χ4n) is 3.00. The SMILES string of the molecule is O=C(Nc1cccc(-n2cnnn2)c1)C1CC(=O)N(c2ccc(F)cc2)C1. The summed E-state index contributed by atoms with van der Waals surface area (Å²) in [7, 11) is 0. The van der Waals surface area contributed by atoms with E-state index in [0.717, 1.165) is 0 Å². The number of hydrogen-bond acceptors (Lipinski definition) is 5. The molecule has 9 heteroatoms. The first kappa shape index (κ1) is 16.8. The number of rotatable bonds is 4. The topological polar surface area (TPSA) is 93.0 Å². The largest absolute Gasteiger partial charge is 0.326 e. The van der Waals surface area contributed by atoms with Crippen molar-refractivity contribution in [2.75, 3.05) is 16.8 Å². The van der Waals surface area contributed by atoms with E-state index in [0.29, 0.717) is 17.1 Å². The molecular formula is C18H15FN6O2. The Bertz CT molecular complexity index is 974. The Morgan fingerprint density at radius 2 is 1.96 bits per heavy atom. The van der Waals surface area contributed by atoms with Crippen LogP contribution in [0.5, 0.6) is 0 Å². The van der Waals surface area contributed by atoms with E-state index in [-0.39, 0.29) is 30.6 Å². The lowest BCUT2D eigenvalue weighted by Crippen LogP contribution is -2.28. The molecule has 1 fully saturated rings. The smallest absolute Gasteiger partial charge is 0.229 e. The van der Waals surface area contributed by atoms with Gasteiger partial charge in [0.2, 0.25) is 11.8 Å². The maximum absolute atomic E-state index is 13.1. The number of benzene rings is 2. The summed E-state index contributed by atoms with van der Waals surface area (Å²) in [5.74, 6) is -1.27. The molecule has 4 rings (SSSR count). The quantitative estimate of drug-likeness (QED) is 0.760. The number of carbonyl (C=O) groups is 2. The summed E-state index contributed by atoms with van der Waals surface area (Å²) >= 11 is 0. The minimum atomic E-state index is -0.487. The molecule has 1 atom stereocenters. The van der Waals surface area contributed by atoms with Crippen LogP contribution < -0.4 is 10.2 Å². The summed E-state index contributed by atoms with van der Waals surface area (Å²) in [4.78, 5) is 26.4. The molecule has 2 heterocycles. The molecule has 0 saturated carbocycles. The number of aromatic nitrogens is 4. The van der Waals surface area contributed by atoms with Gasteiger partial charge in [-0.1, -0.05) is 6.07 Å². The van der Waals surface area contributed by atoms with Crippen LogP contribution in [0.1, 0.15) is 6.42 Å². The Balaban J connectivity index is 1.45. The van der Waals surface area contributed by atoms with Crippen LogP contribution in [0.25, 0.3) is 5.69 Å². The number of nitrogens with one attached hydrogen (secondary N) is 1. The standard InChI is InChI=1S/C18H15FN6O2/c19-13-4-6-15(7-5-13)24-10-12(8-17(24)26)18(27)21-14-2-1-3-16(9-14)25-11-20-22-23-25/h1-7,9,11-12H,8,10H2,(H,21,27). The summed E-state index contributed by atoms with van der Waals surface area (Å²) in [5.41, 5.74) is 1.87.